The Morgan fingerprint density at radius 1 is 1.47 bits per heavy atom. The third kappa shape index (κ3) is 3.38. The molecule has 2 rings (SSSR count). The molecule has 0 amide bonds. The average molecular weight is 250 g/mol. The Bertz CT molecular complexity index is 474. The van der Waals surface area contributed by atoms with Gasteiger partial charge in [0.1, 0.15) is 5.01 Å². The van der Waals surface area contributed by atoms with Gasteiger partial charge in [-0.1, -0.05) is 0 Å². The monoisotopic (exact) mass is 250 g/mol. The van der Waals surface area contributed by atoms with Gasteiger partial charge in [-0.2, -0.15) is 5.10 Å². The van der Waals surface area contributed by atoms with E-state index in [1.807, 2.05) is 17.8 Å². The van der Waals surface area contributed by atoms with Crippen LogP contribution in [0.1, 0.15) is 29.2 Å². The van der Waals surface area contributed by atoms with Gasteiger partial charge in [-0.25, -0.2) is 4.98 Å². The van der Waals surface area contributed by atoms with Gasteiger partial charge in [0.15, 0.2) is 0 Å². The summed E-state index contributed by atoms with van der Waals surface area (Å²) in [6.45, 7) is 8.02. The lowest BCUT2D eigenvalue weighted by Crippen LogP contribution is -2.23. The predicted octanol–water partition coefficient (Wildman–Crippen LogP) is 2.31. The molecule has 0 spiro atoms. The molecule has 0 radical (unpaired) electrons. The van der Waals surface area contributed by atoms with Gasteiger partial charge in [0, 0.05) is 23.8 Å². The van der Waals surface area contributed by atoms with Crippen molar-refractivity contribution in [3.8, 4) is 0 Å². The van der Waals surface area contributed by atoms with E-state index in [2.05, 4.69) is 40.8 Å². The van der Waals surface area contributed by atoms with Crippen LogP contribution in [0.2, 0.25) is 0 Å². The lowest BCUT2D eigenvalue weighted by Gasteiger charge is -2.10. The Morgan fingerprint density at radius 3 is 2.88 bits per heavy atom. The van der Waals surface area contributed by atoms with Crippen molar-refractivity contribution < 1.29 is 0 Å². The highest BCUT2D eigenvalue weighted by Crippen LogP contribution is 2.16. The van der Waals surface area contributed by atoms with Crippen molar-refractivity contribution in [3.63, 3.8) is 0 Å². The Hall–Kier alpha value is -1.20. The van der Waals surface area contributed by atoms with Crippen LogP contribution in [0.25, 0.3) is 0 Å². The summed E-state index contributed by atoms with van der Waals surface area (Å²) in [4.78, 5) is 4.47. The van der Waals surface area contributed by atoms with Crippen molar-refractivity contribution in [1.82, 2.24) is 20.1 Å². The molecule has 0 saturated heterocycles. The van der Waals surface area contributed by atoms with Crippen LogP contribution in [0, 0.1) is 13.8 Å². The van der Waals surface area contributed by atoms with Crippen molar-refractivity contribution in [2.75, 3.05) is 6.54 Å². The Morgan fingerprint density at radius 2 is 2.29 bits per heavy atom. The topological polar surface area (TPSA) is 42.7 Å². The van der Waals surface area contributed by atoms with Crippen LogP contribution in [0.5, 0.6) is 0 Å². The molecule has 0 bridgehead atoms. The summed E-state index contributed by atoms with van der Waals surface area (Å²) in [5.74, 6) is 0. The molecule has 2 aromatic rings. The smallest absolute Gasteiger partial charge is 0.110 e. The molecular weight excluding hydrogens is 232 g/mol. The van der Waals surface area contributed by atoms with E-state index < -0.39 is 0 Å². The minimum atomic E-state index is 0.311. The number of aromatic nitrogens is 3. The van der Waals surface area contributed by atoms with Crippen LogP contribution < -0.4 is 5.32 Å². The average Bonchev–Trinajstić information content (AvgIpc) is 2.88. The molecule has 92 valence electrons. The third-order valence-corrected chi connectivity index (χ3v) is 3.71. The van der Waals surface area contributed by atoms with Crippen LogP contribution in [0.3, 0.4) is 0 Å². The van der Waals surface area contributed by atoms with Gasteiger partial charge in [0.05, 0.1) is 18.8 Å². The molecule has 2 aromatic heterocycles. The number of rotatable bonds is 5. The van der Waals surface area contributed by atoms with Crippen LogP contribution >= 0.6 is 11.3 Å². The largest absolute Gasteiger partial charge is 0.306 e. The Kier molecular flexibility index (Phi) is 3.91. The summed E-state index contributed by atoms with van der Waals surface area (Å²) in [5, 5.41) is 10.9. The highest BCUT2D eigenvalue weighted by atomic mass is 32.1. The fourth-order valence-electron chi connectivity index (χ4n) is 1.64. The summed E-state index contributed by atoms with van der Waals surface area (Å²) in [7, 11) is 0. The van der Waals surface area contributed by atoms with Crippen molar-refractivity contribution >= 4 is 11.3 Å². The summed E-state index contributed by atoms with van der Waals surface area (Å²) in [6.07, 6.45) is 3.94. The molecule has 17 heavy (non-hydrogen) atoms. The minimum Gasteiger partial charge on any atom is -0.306 e. The van der Waals surface area contributed by atoms with Gasteiger partial charge in [-0.05, 0) is 26.3 Å². The van der Waals surface area contributed by atoms with E-state index in [0.717, 1.165) is 23.8 Å². The maximum Gasteiger partial charge on any atom is 0.110 e. The first-order chi connectivity index (χ1) is 8.15. The maximum atomic E-state index is 4.47. The zero-order valence-corrected chi connectivity index (χ0v) is 11.3. The molecule has 1 unspecified atom stereocenters. The van der Waals surface area contributed by atoms with E-state index in [0.29, 0.717) is 6.04 Å². The first-order valence-corrected chi connectivity index (χ1v) is 6.67. The number of hydrogen-bond donors (Lipinski definition) is 1. The molecule has 4 nitrogen and oxygen atoms in total. The van der Waals surface area contributed by atoms with Crippen LogP contribution in [-0.2, 0) is 6.54 Å². The molecule has 0 aliphatic heterocycles. The fraction of sp³-hybridized carbons (Fsp3) is 0.500. The van der Waals surface area contributed by atoms with Crippen molar-refractivity contribution in [1.29, 1.82) is 0 Å². The fourth-order valence-corrected chi connectivity index (χ4v) is 2.47. The quantitative estimate of drug-likeness (QED) is 0.885. The van der Waals surface area contributed by atoms with Crippen LogP contribution in [0.4, 0.5) is 0 Å². The van der Waals surface area contributed by atoms with Crippen molar-refractivity contribution in [3.05, 3.63) is 34.0 Å². The molecule has 0 aliphatic carbocycles. The Balaban J connectivity index is 1.78. The second kappa shape index (κ2) is 5.42. The second-order valence-electron chi connectivity index (χ2n) is 4.28. The SMILES string of the molecule is Cc1cnn(CCNC(C)c2nc(C)cs2)c1. The molecule has 0 aromatic carbocycles. The maximum absolute atomic E-state index is 4.47. The summed E-state index contributed by atoms with van der Waals surface area (Å²) in [6, 6.07) is 0.311. The molecular formula is C12H18N4S. The van der Waals surface area contributed by atoms with E-state index in [1.165, 1.54) is 5.56 Å². The highest BCUT2D eigenvalue weighted by Gasteiger charge is 2.08. The number of hydrogen-bond acceptors (Lipinski definition) is 4. The lowest BCUT2D eigenvalue weighted by molar-refractivity contribution is 0.506. The number of nitrogens with zero attached hydrogens (tertiary/aromatic N) is 3. The van der Waals surface area contributed by atoms with E-state index in [4.69, 9.17) is 0 Å². The first-order valence-electron chi connectivity index (χ1n) is 5.79. The van der Waals surface area contributed by atoms with Gasteiger partial charge in [0.2, 0.25) is 0 Å². The van der Waals surface area contributed by atoms with Gasteiger partial charge >= 0.3 is 0 Å². The third-order valence-electron chi connectivity index (χ3n) is 2.56. The summed E-state index contributed by atoms with van der Waals surface area (Å²) in [5.41, 5.74) is 2.30. The molecule has 0 saturated carbocycles. The van der Waals surface area contributed by atoms with Gasteiger partial charge in [-0.15, -0.1) is 11.3 Å². The standard InChI is InChI=1S/C12H18N4S/c1-9-6-14-16(7-9)5-4-13-11(3)12-15-10(2)8-17-12/h6-8,11,13H,4-5H2,1-3H3. The predicted molar refractivity (Wildman–Crippen MR) is 70.2 cm³/mol. The number of thiazole rings is 1. The molecule has 2 heterocycles. The van der Waals surface area contributed by atoms with Crippen LogP contribution in [0.15, 0.2) is 17.8 Å². The molecule has 0 fully saturated rings. The lowest BCUT2D eigenvalue weighted by atomic mass is 10.3. The highest BCUT2D eigenvalue weighted by molar-refractivity contribution is 7.09. The van der Waals surface area contributed by atoms with Crippen molar-refractivity contribution in [2.24, 2.45) is 0 Å². The van der Waals surface area contributed by atoms with Crippen molar-refractivity contribution in [2.45, 2.75) is 33.4 Å². The summed E-state index contributed by atoms with van der Waals surface area (Å²) >= 11 is 1.71. The van der Waals surface area contributed by atoms with Gasteiger partial charge < -0.3 is 5.32 Å². The zero-order valence-electron chi connectivity index (χ0n) is 10.5. The molecule has 0 aliphatic rings. The number of nitrogens with one attached hydrogen (secondary N) is 1. The van der Waals surface area contributed by atoms with Gasteiger partial charge in [-0.3, -0.25) is 4.68 Å². The van der Waals surface area contributed by atoms with E-state index in [9.17, 15) is 0 Å². The molecule has 1 atom stereocenters. The minimum absolute atomic E-state index is 0.311. The first kappa shape index (κ1) is 12.3. The molecule has 1 N–H and O–H groups in total. The molecule has 5 heteroatoms. The van der Waals surface area contributed by atoms with Gasteiger partial charge in [0.25, 0.3) is 0 Å². The van der Waals surface area contributed by atoms with E-state index in [-0.39, 0.29) is 0 Å². The van der Waals surface area contributed by atoms with E-state index >= 15 is 0 Å². The zero-order chi connectivity index (χ0) is 12.3. The Labute approximate surface area is 106 Å². The number of aryl methyl sites for hydroxylation is 2. The second-order valence-corrected chi connectivity index (χ2v) is 5.17. The van der Waals surface area contributed by atoms with E-state index in [1.54, 1.807) is 11.3 Å². The van der Waals surface area contributed by atoms with Crippen LogP contribution in [-0.4, -0.2) is 21.3 Å². The normalized spacial score (nSPS) is 12.9. The summed E-state index contributed by atoms with van der Waals surface area (Å²) < 4.78 is 1.96.